The molecule has 1 atom stereocenters. The second kappa shape index (κ2) is 9.94. The third-order valence-electron chi connectivity index (χ3n) is 4.30. The average Bonchev–Trinajstić information content (AvgIpc) is 2.62. The Morgan fingerprint density at radius 2 is 2.21 bits per heavy atom. The van der Waals surface area contributed by atoms with Crippen molar-refractivity contribution in [3.63, 3.8) is 0 Å². The Morgan fingerprint density at radius 1 is 1.42 bits per heavy atom. The van der Waals surface area contributed by atoms with Crippen molar-refractivity contribution in [2.75, 3.05) is 31.6 Å². The Labute approximate surface area is 144 Å². The molecule has 130 valence electrons. The van der Waals surface area contributed by atoms with E-state index in [9.17, 15) is 4.79 Å². The van der Waals surface area contributed by atoms with Crippen LogP contribution in [0, 0.1) is 17.2 Å². The van der Waals surface area contributed by atoms with Crippen molar-refractivity contribution in [3.05, 3.63) is 24.3 Å². The first kappa shape index (κ1) is 18.3. The average molecular weight is 329 g/mol. The van der Waals surface area contributed by atoms with Gasteiger partial charge in [-0.1, -0.05) is 13.3 Å². The molecule has 5 heteroatoms. The number of unbranched alkanes of at least 4 members (excludes halogenated alkanes) is 1. The van der Waals surface area contributed by atoms with Crippen LogP contribution in [0.5, 0.6) is 5.75 Å². The lowest BCUT2D eigenvalue weighted by Crippen LogP contribution is -2.41. The first-order valence-corrected chi connectivity index (χ1v) is 8.86. The highest BCUT2D eigenvalue weighted by molar-refractivity contribution is 5.92. The Morgan fingerprint density at radius 3 is 2.92 bits per heavy atom. The molecule has 1 N–H and O–H groups in total. The fraction of sp³-hybridized carbons (Fsp3) is 0.579. The molecule has 0 saturated carbocycles. The molecule has 0 spiro atoms. The molecule has 1 aromatic carbocycles. The van der Waals surface area contributed by atoms with E-state index in [0.717, 1.165) is 63.4 Å². The quantitative estimate of drug-likeness (QED) is 0.742. The lowest BCUT2D eigenvalue weighted by molar-refractivity contribution is -0.121. The van der Waals surface area contributed by atoms with Crippen LogP contribution in [0.3, 0.4) is 0 Å². The molecule has 2 rings (SSSR count). The maximum absolute atomic E-state index is 12.4. The zero-order chi connectivity index (χ0) is 17.2. The number of nitrogens with zero attached hydrogens (tertiary/aromatic N) is 2. The van der Waals surface area contributed by atoms with Gasteiger partial charge in [-0.25, -0.2) is 0 Å². The van der Waals surface area contributed by atoms with E-state index in [1.54, 1.807) is 0 Å². The fourth-order valence-electron chi connectivity index (χ4n) is 2.89. The topological polar surface area (TPSA) is 65.4 Å². The van der Waals surface area contributed by atoms with E-state index in [1.165, 1.54) is 0 Å². The fourth-order valence-corrected chi connectivity index (χ4v) is 2.89. The van der Waals surface area contributed by atoms with Crippen LogP contribution >= 0.6 is 0 Å². The molecule has 5 nitrogen and oxygen atoms in total. The van der Waals surface area contributed by atoms with E-state index >= 15 is 0 Å². The highest BCUT2D eigenvalue weighted by atomic mass is 16.5. The minimum atomic E-state index is -0.00192. The molecule has 1 unspecified atom stereocenters. The van der Waals surface area contributed by atoms with Crippen LogP contribution in [-0.4, -0.2) is 37.0 Å². The molecule has 0 aliphatic carbocycles. The third-order valence-corrected chi connectivity index (χ3v) is 4.30. The second-order valence-electron chi connectivity index (χ2n) is 6.26. The van der Waals surface area contributed by atoms with Gasteiger partial charge in [-0.05, 0) is 50.1 Å². The summed E-state index contributed by atoms with van der Waals surface area (Å²) in [5, 5.41) is 11.7. The van der Waals surface area contributed by atoms with E-state index in [-0.39, 0.29) is 11.8 Å². The Bertz CT molecular complexity index is 551. The summed E-state index contributed by atoms with van der Waals surface area (Å²) in [6, 6.07) is 9.73. The highest BCUT2D eigenvalue weighted by Crippen LogP contribution is 2.20. The molecule has 1 heterocycles. The number of anilines is 1. The van der Waals surface area contributed by atoms with E-state index in [0.29, 0.717) is 6.42 Å². The van der Waals surface area contributed by atoms with Gasteiger partial charge in [0.15, 0.2) is 0 Å². The summed E-state index contributed by atoms with van der Waals surface area (Å²) < 4.78 is 5.63. The van der Waals surface area contributed by atoms with Gasteiger partial charge in [0.1, 0.15) is 5.75 Å². The number of hydrogen-bond donors (Lipinski definition) is 1. The summed E-state index contributed by atoms with van der Waals surface area (Å²) >= 11 is 0. The van der Waals surface area contributed by atoms with E-state index < -0.39 is 0 Å². The van der Waals surface area contributed by atoms with Gasteiger partial charge in [0.25, 0.3) is 0 Å². The third kappa shape index (κ3) is 5.86. The molecular weight excluding hydrogens is 302 g/mol. The summed E-state index contributed by atoms with van der Waals surface area (Å²) in [6.45, 7) is 5.34. The van der Waals surface area contributed by atoms with Crippen molar-refractivity contribution >= 4 is 11.6 Å². The number of nitrogens with one attached hydrogen (secondary N) is 1. The number of carbonyl (C=O) groups excluding carboxylic acids is 1. The van der Waals surface area contributed by atoms with Crippen LogP contribution in [0.2, 0.25) is 0 Å². The molecule has 0 aromatic heterocycles. The maximum Gasteiger partial charge on any atom is 0.228 e. The van der Waals surface area contributed by atoms with Crippen molar-refractivity contribution in [1.29, 1.82) is 5.26 Å². The van der Waals surface area contributed by atoms with Crippen molar-refractivity contribution in [3.8, 4) is 11.8 Å². The van der Waals surface area contributed by atoms with Gasteiger partial charge in [0.05, 0.1) is 18.6 Å². The van der Waals surface area contributed by atoms with Crippen LogP contribution in [0.1, 0.15) is 39.0 Å². The first-order valence-electron chi connectivity index (χ1n) is 8.86. The molecule has 1 amide bonds. The number of ether oxygens (including phenoxy) is 1. The van der Waals surface area contributed by atoms with E-state index in [1.807, 2.05) is 24.3 Å². The zero-order valence-electron chi connectivity index (χ0n) is 14.5. The van der Waals surface area contributed by atoms with Crippen LogP contribution < -0.4 is 10.1 Å². The van der Waals surface area contributed by atoms with Gasteiger partial charge < -0.3 is 15.0 Å². The number of nitriles is 1. The standard InChI is InChI=1S/C19H27N3O2/c1-2-3-14-24-18-9-7-17(8-10-18)21-19(23)16-6-4-12-22(15-16)13-5-11-20/h7-10,16H,2-6,12-15H2,1H3,(H,21,23). The lowest BCUT2D eigenvalue weighted by Gasteiger charge is -2.31. The number of amides is 1. The predicted octanol–water partition coefficient (Wildman–Crippen LogP) is 3.43. The summed E-state index contributed by atoms with van der Waals surface area (Å²) in [5.41, 5.74) is 0.803. The molecule has 1 aliphatic rings. The SMILES string of the molecule is CCCCOc1ccc(NC(=O)C2CCCN(CCC#N)C2)cc1. The first-order chi connectivity index (χ1) is 11.7. The van der Waals surface area contributed by atoms with Gasteiger partial charge in [-0.15, -0.1) is 0 Å². The van der Waals surface area contributed by atoms with Gasteiger partial charge in [0, 0.05) is 25.2 Å². The number of carbonyl (C=O) groups is 1. The lowest BCUT2D eigenvalue weighted by atomic mass is 9.97. The van der Waals surface area contributed by atoms with Gasteiger partial charge in [0.2, 0.25) is 5.91 Å². The predicted molar refractivity (Wildman–Crippen MR) is 94.9 cm³/mol. The number of piperidine rings is 1. The molecule has 1 aromatic rings. The smallest absolute Gasteiger partial charge is 0.228 e. The number of likely N-dealkylation sites (tertiary alicyclic amines) is 1. The summed E-state index contributed by atoms with van der Waals surface area (Å²) in [7, 11) is 0. The van der Waals surface area contributed by atoms with Crippen LogP contribution in [0.15, 0.2) is 24.3 Å². The molecular formula is C19H27N3O2. The van der Waals surface area contributed by atoms with Crippen molar-refractivity contribution in [2.24, 2.45) is 5.92 Å². The number of rotatable bonds is 8. The minimum absolute atomic E-state index is 0.00192. The van der Waals surface area contributed by atoms with Crippen molar-refractivity contribution < 1.29 is 9.53 Å². The van der Waals surface area contributed by atoms with Crippen LogP contribution in [0.25, 0.3) is 0 Å². The minimum Gasteiger partial charge on any atom is -0.494 e. The molecule has 24 heavy (non-hydrogen) atoms. The van der Waals surface area contributed by atoms with E-state index in [2.05, 4.69) is 23.2 Å². The number of hydrogen-bond acceptors (Lipinski definition) is 4. The number of benzene rings is 1. The monoisotopic (exact) mass is 329 g/mol. The Kier molecular flexibility index (Phi) is 7.57. The normalized spacial score (nSPS) is 17.9. The largest absolute Gasteiger partial charge is 0.494 e. The van der Waals surface area contributed by atoms with E-state index in [4.69, 9.17) is 10.00 Å². The van der Waals surface area contributed by atoms with Crippen molar-refractivity contribution in [1.82, 2.24) is 4.90 Å². The molecule has 0 bridgehead atoms. The summed E-state index contributed by atoms with van der Waals surface area (Å²) in [6.07, 6.45) is 4.60. The van der Waals surface area contributed by atoms with Gasteiger partial charge in [-0.2, -0.15) is 5.26 Å². The Hall–Kier alpha value is -2.06. The van der Waals surface area contributed by atoms with Gasteiger partial charge in [-0.3, -0.25) is 4.79 Å². The molecule has 0 radical (unpaired) electrons. The maximum atomic E-state index is 12.4. The van der Waals surface area contributed by atoms with Crippen LogP contribution in [-0.2, 0) is 4.79 Å². The molecule has 1 aliphatic heterocycles. The summed E-state index contributed by atoms with van der Waals surface area (Å²) in [5.74, 6) is 0.899. The zero-order valence-corrected chi connectivity index (χ0v) is 14.5. The summed E-state index contributed by atoms with van der Waals surface area (Å²) in [4.78, 5) is 14.7. The molecule has 1 fully saturated rings. The Balaban J connectivity index is 1.81. The van der Waals surface area contributed by atoms with Crippen LogP contribution in [0.4, 0.5) is 5.69 Å². The highest BCUT2D eigenvalue weighted by Gasteiger charge is 2.25. The van der Waals surface area contributed by atoms with Crippen molar-refractivity contribution in [2.45, 2.75) is 39.0 Å². The molecule has 1 saturated heterocycles. The second-order valence-corrected chi connectivity index (χ2v) is 6.26. The van der Waals surface area contributed by atoms with Gasteiger partial charge >= 0.3 is 0 Å².